The molecule has 0 saturated heterocycles. The quantitative estimate of drug-likeness (QED) is 0.596. The van der Waals surface area contributed by atoms with Crippen LogP contribution in [0.1, 0.15) is 25.7 Å². The van der Waals surface area contributed by atoms with Gasteiger partial charge in [-0.15, -0.1) is 34.5 Å². The lowest BCUT2D eigenvalue weighted by Crippen LogP contribution is -1.98. The molecule has 0 amide bonds. The Hall–Kier alpha value is -0.900. The molecule has 0 aliphatic heterocycles. The number of hydrogen-bond acceptors (Lipinski definition) is 2. The second-order valence-corrected chi connectivity index (χ2v) is 5.33. The molecule has 0 saturated carbocycles. The van der Waals surface area contributed by atoms with Gasteiger partial charge in [0.1, 0.15) is 5.82 Å². The predicted molar refractivity (Wildman–Crippen MR) is 73.3 cm³/mol. The van der Waals surface area contributed by atoms with E-state index in [2.05, 4.69) is 0 Å². The lowest BCUT2D eigenvalue weighted by Gasteiger charge is -1.97. The first-order chi connectivity index (χ1) is 8.65. The Morgan fingerprint density at radius 1 is 1.17 bits per heavy atom. The van der Waals surface area contributed by atoms with Crippen molar-refractivity contribution in [3.63, 3.8) is 0 Å². The summed E-state index contributed by atoms with van der Waals surface area (Å²) in [6.45, 7) is 0. The first-order valence-electron chi connectivity index (χ1n) is 5.19. The van der Waals surface area contributed by atoms with Crippen LogP contribution in [0.2, 0.25) is 0 Å². The van der Waals surface area contributed by atoms with E-state index in [0.717, 1.165) is 10.4 Å². The van der Waals surface area contributed by atoms with E-state index >= 15 is 0 Å². The fraction of sp³-hybridized carbons (Fsp3) is 0.154. The summed E-state index contributed by atoms with van der Waals surface area (Å²) in [5.41, 5.74) is 1.34. The maximum absolute atomic E-state index is 12.8. The highest BCUT2D eigenvalue weighted by molar-refractivity contribution is 7.14. The summed E-state index contributed by atoms with van der Waals surface area (Å²) in [6, 6.07) is 7.23. The smallest absolute Gasteiger partial charge is 0.202 e. The van der Waals surface area contributed by atoms with E-state index in [4.69, 9.17) is 23.2 Å². The highest BCUT2D eigenvalue weighted by Gasteiger charge is 2.15. The number of hydrogen-bond donors (Lipinski definition) is 0. The van der Waals surface area contributed by atoms with Crippen molar-refractivity contribution in [1.82, 2.24) is 0 Å². The molecule has 94 valence electrons. The molecule has 1 aromatic carbocycles. The second kappa shape index (κ2) is 5.83. The molecule has 1 heterocycles. The van der Waals surface area contributed by atoms with Gasteiger partial charge >= 0.3 is 0 Å². The largest absolute Gasteiger partial charge is 0.288 e. The van der Waals surface area contributed by atoms with E-state index in [1.54, 1.807) is 6.07 Å². The molecule has 0 unspecified atom stereocenters. The average Bonchev–Trinajstić information content (AvgIpc) is 2.82. The van der Waals surface area contributed by atoms with Gasteiger partial charge in [0, 0.05) is 16.3 Å². The molecule has 5 heteroatoms. The zero-order valence-corrected chi connectivity index (χ0v) is 11.6. The Morgan fingerprint density at radius 3 is 2.33 bits per heavy atom. The zero-order chi connectivity index (χ0) is 13.1. The van der Waals surface area contributed by atoms with Crippen molar-refractivity contribution in [3.05, 3.63) is 57.0 Å². The minimum absolute atomic E-state index is 0.136. The number of rotatable bonds is 4. The molecule has 0 aliphatic carbocycles. The number of halogens is 3. The first kappa shape index (κ1) is 13.5. The molecule has 0 N–H and O–H groups in total. The SMILES string of the molecule is O=C(c1ccc(F)cc1)c1cc(CCl)c(CCl)s1. The summed E-state index contributed by atoms with van der Waals surface area (Å²) in [4.78, 5) is 13.6. The number of alkyl halides is 2. The van der Waals surface area contributed by atoms with Crippen molar-refractivity contribution in [3.8, 4) is 0 Å². The summed E-state index contributed by atoms with van der Waals surface area (Å²) < 4.78 is 12.8. The second-order valence-electron chi connectivity index (χ2n) is 3.66. The molecule has 0 spiro atoms. The van der Waals surface area contributed by atoms with Gasteiger partial charge in [-0.3, -0.25) is 4.79 Å². The van der Waals surface area contributed by atoms with Crippen molar-refractivity contribution in [2.45, 2.75) is 11.8 Å². The molecule has 2 aromatic rings. The van der Waals surface area contributed by atoms with Gasteiger partial charge < -0.3 is 0 Å². The fourth-order valence-electron chi connectivity index (χ4n) is 1.55. The molecule has 18 heavy (non-hydrogen) atoms. The van der Waals surface area contributed by atoms with Crippen LogP contribution in [-0.4, -0.2) is 5.78 Å². The topological polar surface area (TPSA) is 17.1 Å². The minimum atomic E-state index is -0.361. The Bertz CT molecular complexity index is 541. The molecular weight excluding hydrogens is 294 g/mol. The molecule has 1 aromatic heterocycles. The summed E-state index contributed by atoms with van der Waals surface area (Å²) >= 11 is 12.9. The molecule has 0 atom stereocenters. The van der Waals surface area contributed by atoms with Crippen LogP contribution in [0.15, 0.2) is 30.3 Å². The van der Waals surface area contributed by atoms with E-state index in [9.17, 15) is 9.18 Å². The molecular formula is C13H9Cl2FOS. The Labute approximate surface area is 118 Å². The van der Waals surface area contributed by atoms with Crippen molar-refractivity contribution in [2.75, 3.05) is 0 Å². The van der Waals surface area contributed by atoms with Crippen LogP contribution in [-0.2, 0) is 11.8 Å². The van der Waals surface area contributed by atoms with Crippen LogP contribution in [0.25, 0.3) is 0 Å². The minimum Gasteiger partial charge on any atom is -0.288 e. The number of carbonyl (C=O) groups excluding carboxylic acids is 1. The zero-order valence-electron chi connectivity index (χ0n) is 9.25. The third kappa shape index (κ3) is 2.74. The summed E-state index contributed by atoms with van der Waals surface area (Å²) in [5.74, 6) is 0.168. The van der Waals surface area contributed by atoms with Crippen molar-refractivity contribution < 1.29 is 9.18 Å². The van der Waals surface area contributed by atoms with Crippen LogP contribution in [0.3, 0.4) is 0 Å². The van der Waals surface area contributed by atoms with E-state index in [1.807, 2.05) is 0 Å². The average molecular weight is 303 g/mol. The number of ketones is 1. The van der Waals surface area contributed by atoms with Crippen LogP contribution in [0.4, 0.5) is 4.39 Å². The summed E-state index contributed by atoms with van der Waals surface area (Å²) in [7, 11) is 0. The van der Waals surface area contributed by atoms with E-state index in [0.29, 0.717) is 22.2 Å². The monoisotopic (exact) mass is 302 g/mol. The van der Waals surface area contributed by atoms with Gasteiger partial charge in [0.05, 0.1) is 10.8 Å². The molecule has 0 radical (unpaired) electrons. The maximum Gasteiger partial charge on any atom is 0.202 e. The van der Waals surface area contributed by atoms with Gasteiger partial charge in [0.15, 0.2) is 0 Å². The maximum atomic E-state index is 12.8. The summed E-state index contributed by atoms with van der Waals surface area (Å²) in [6.07, 6.45) is 0. The van der Waals surface area contributed by atoms with Gasteiger partial charge in [0.25, 0.3) is 0 Å². The lowest BCUT2D eigenvalue weighted by molar-refractivity contribution is 0.104. The number of carbonyl (C=O) groups is 1. The highest BCUT2D eigenvalue weighted by Crippen LogP contribution is 2.27. The van der Waals surface area contributed by atoms with Crippen molar-refractivity contribution in [2.24, 2.45) is 0 Å². The normalized spacial score (nSPS) is 10.6. The molecule has 0 bridgehead atoms. The highest BCUT2D eigenvalue weighted by atomic mass is 35.5. The Balaban J connectivity index is 2.33. The number of thiophene rings is 1. The molecule has 1 nitrogen and oxygen atoms in total. The molecule has 0 fully saturated rings. The predicted octanol–water partition coefficient (Wildman–Crippen LogP) is 4.60. The van der Waals surface area contributed by atoms with Gasteiger partial charge in [-0.05, 0) is 35.9 Å². The Morgan fingerprint density at radius 2 is 1.83 bits per heavy atom. The van der Waals surface area contributed by atoms with Crippen LogP contribution in [0, 0.1) is 5.82 Å². The van der Waals surface area contributed by atoms with Crippen molar-refractivity contribution >= 4 is 40.3 Å². The fourth-order valence-corrected chi connectivity index (χ4v) is 3.20. The van der Waals surface area contributed by atoms with Gasteiger partial charge in [-0.2, -0.15) is 0 Å². The third-order valence-corrected chi connectivity index (χ3v) is 4.38. The Kier molecular flexibility index (Phi) is 4.38. The van der Waals surface area contributed by atoms with Gasteiger partial charge in [-0.1, -0.05) is 0 Å². The number of benzene rings is 1. The van der Waals surface area contributed by atoms with Crippen LogP contribution in [0.5, 0.6) is 0 Å². The van der Waals surface area contributed by atoms with Crippen LogP contribution < -0.4 is 0 Å². The lowest BCUT2D eigenvalue weighted by atomic mass is 10.1. The van der Waals surface area contributed by atoms with E-state index in [1.165, 1.54) is 35.6 Å². The molecule has 0 aliphatic rings. The summed E-state index contributed by atoms with van der Waals surface area (Å²) in [5, 5.41) is 0. The van der Waals surface area contributed by atoms with Gasteiger partial charge in [0.2, 0.25) is 5.78 Å². The first-order valence-corrected chi connectivity index (χ1v) is 7.08. The molecule has 2 rings (SSSR count). The van der Waals surface area contributed by atoms with E-state index in [-0.39, 0.29) is 11.6 Å². The van der Waals surface area contributed by atoms with Crippen LogP contribution >= 0.6 is 34.5 Å². The van der Waals surface area contributed by atoms with Gasteiger partial charge in [-0.25, -0.2) is 4.39 Å². The van der Waals surface area contributed by atoms with E-state index < -0.39 is 0 Å². The standard InChI is InChI=1S/C13H9Cl2FOS/c14-6-9-5-11(18-12(9)7-15)13(17)8-1-3-10(16)4-2-8/h1-5H,6-7H2. The third-order valence-electron chi connectivity index (χ3n) is 2.49. The van der Waals surface area contributed by atoms with Crippen molar-refractivity contribution in [1.29, 1.82) is 0 Å².